The fraction of sp³-hybridized carbons (Fsp3) is 0. The fourth-order valence-electron chi connectivity index (χ4n) is 13.1. The van der Waals surface area contributed by atoms with Crippen LogP contribution in [-0.4, -0.2) is 23.7 Å². The molecular formula is C79H46N8. The Bertz CT molecular complexity index is 5250. The summed E-state index contributed by atoms with van der Waals surface area (Å²) in [4.78, 5) is 14.6. The van der Waals surface area contributed by atoms with Crippen LogP contribution in [0, 0.1) is 29.2 Å². The zero-order chi connectivity index (χ0) is 58.1. The van der Waals surface area contributed by atoms with E-state index >= 15 is 0 Å². The van der Waals surface area contributed by atoms with Crippen LogP contribution >= 0.6 is 0 Å². The Morgan fingerprint density at radius 3 is 1.26 bits per heavy atom. The van der Waals surface area contributed by atoms with Crippen LogP contribution < -0.4 is 0 Å². The third-order valence-corrected chi connectivity index (χ3v) is 16.9. The summed E-state index contributed by atoms with van der Waals surface area (Å²) >= 11 is 0. The van der Waals surface area contributed by atoms with Crippen LogP contribution in [0.4, 0.5) is 5.69 Å². The Morgan fingerprint density at radius 2 is 0.770 bits per heavy atom. The molecule has 16 aromatic rings. The van der Waals surface area contributed by atoms with Crippen LogP contribution in [0.15, 0.2) is 279 Å². The van der Waals surface area contributed by atoms with Gasteiger partial charge in [-0.05, 0) is 114 Å². The van der Waals surface area contributed by atoms with Crippen LogP contribution in [-0.2, 0) is 0 Å². The van der Waals surface area contributed by atoms with Crippen molar-refractivity contribution in [1.29, 1.82) is 10.5 Å². The Hall–Kier alpha value is -12.4. The minimum atomic E-state index is 0.246. The Labute approximate surface area is 500 Å². The summed E-state index contributed by atoms with van der Waals surface area (Å²) in [5, 5.41) is 27.1. The number of nitrogens with zero attached hydrogens (tertiary/aromatic N) is 8. The van der Waals surface area contributed by atoms with Gasteiger partial charge in [0.25, 0.3) is 0 Å². The molecule has 8 heteroatoms. The molecule has 0 bridgehead atoms. The van der Waals surface area contributed by atoms with Gasteiger partial charge in [0, 0.05) is 82.6 Å². The standard InChI is InChI=1S/C79H46N8/c1-82-70-41-50(48-80)40-57(49-81)77(70)55-38-39-76-67(44-55)64-32-12-17-37-75(64)87(76)78-65(53-24-18-26-58(42-53)85-71-33-13-8-28-60(71)61-29-9-14-34-72(61)85)45-56(69-47-68(51-20-4-2-5-21-51)83-79(84-69)52-22-6-3-7-23-52)46-66(78)54-25-19-27-59(43-54)86-73-35-15-10-30-62(73)63-31-11-16-36-74(63)86/h2-47H. The van der Waals surface area contributed by atoms with E-state index in [-0.39, 0.29) is 16.8 Å². The second kappa shape index (κ2) is 20.5. The maximum atomic E-state index is 10.6. The summed E-state index contributed by atoms with van der Waals surface area (Å²) in [5.41, 5.74) is 19.4. The molecule has 12 aromatic carbocycles. The van der Waals surface area contributed by atoms with Gasteiger partial charge in [0.05, 0.1) is 74.4 Å². The van der Waals surface area contributed by atoms with E-state index in [0.29, 0.717) is 17.0 Å². The molecule has 0 unspecified atom stereocenters. The molecule has 0 aliphatic heterocycles. The van der Waals surface area contributed by atoms with Crippen LogP contribution in [0.1, 0.15) is 11.1 Å². The van der Waals surface area contributed by atoms with Crippen LogP contribution in [0.3, 0.4) is 0 Å². The monoisotopic (exact) mass is 1110 g/mol. The van der Waals surface area contributed by atoms with Gasteiger partial charge in [-0.3, -0.25) is 0 Å². The molecule has 16 rings (SSSR count). The molecule has 0 aliphatic rings. The lowest BCUT2D eigenvalue weighted by Gasteiger charge is -2.22. The van der Waals surface area contributed by atoms with E-state index in [1.54, 1.807) is 12.1 Å². The van der Waals surface area contributed by atoms with E-state index in [0.717, 1.165) is 111 Å². The van der Waals surface area contributed by atoms with E-state index in [1.807, 2.05) is 42.5 Å². The van der Waals surface area contributed by atoms with Gasteiger partial charge in [-0.25, -0.2) is 14.8 Å². The number of benzene rings is 12. The normalized spacial score (nSPS) is 11.4. The minimum absolute atomic E-state index is 0.246. The zero-order valence-electron chi connectivity index (χ0n) is 46.6. The first kappa shape index (κ1) is 50.3. The third kappa shape index (κ3) is 8.27. The number of hydrogen-bond donors (Lipinski definition) is 0. The van der Waals surface area contributed by atoms with Gasteiger partial charge in [0.15, 0.2) is 11.5 Å². The largest absolute Gasteiger partial charge is 0.309 e. The minimum Gasteiger partial charge on any atom is -0.309 e. The van der Waals surface area contributed by atoms with Gasteiger partial charge >= 0.3 is 0 Å². The molecule has 402 valence electrons. The van der Waals surface area contributed by atoms with Gasteiger partial charge in [-0.15, -0.1) is 0 Å². The topological polar surface area (TPSA) is 92.5 Å². The summed E-state index contributed by atoms with van der Waals surface area (Å²) in [7, 11) is 0. The molecule has 0 amide bonds. The maximum absolute atomic E-state index is 10.6. The predicted molar refractivity (Wildman–Crippen MR) is 353 cm³/mol. The van der Waals surface area contributed by atoms with Crippen molar-refractivity contribution in [2.45, 2.75) is 0 Å². The van der Waals surface area contributed by atoms with E-state index in [1.165, 1.54) is 21.5 Å². The molecule has 0 spiro atoms. The number of hydrogen-bond acceptors (Lipinski definition) is 4. The summed E-state index contributed by atoms with van der Waals surface area (Å²) in [6.45, 7) is 8.26. The lowest BCUT2D eigenvalue weighted by Crippen LogP contribution is -2.04. The summed E-state index contributed by atoms with van der Waals surface area (Å²) in [6.07, 6.45) is 0. The molecular weight excluding hydrogens is 1060 g/mol. The molecule has 0 fully saturated rings. The van der Waals surface area contributed by atoms with Crippen molar-refractivity contribution in [2.24, 2.45) is 0 Å². The number of fused-ring (bicyclic) bond motifs is 9. The Balaban J connectivity index is 1.04. The van der Waals surface area contributed by atoms with E-state index < -0.39 is 0 Å². The molecule has 0 radical (unpaired) electrons. The number of nitriles is 2. The smallest absolute Gasteiger partial charge is 0.197 e. The number of rotatable bonds is 9. The first-order valence-electron chi connectivity index (χ1n) is 28.8. The predicted octanol–water partition coefficient (Wildman–Crippen LogP) is 20.1. The van der Waals surface area contributed by atoms with E-state index in [9.17, 15) is 10.5 Å². The third-order valence-electron chi connectivity index (χ3n) is 16.9. The van der Waals surface area contributed by atoms with Crippen LogP contribution in [0.25, 0.3) is 155 Å². The molecule has 8 nitrogen and oxygen atoms in total. The van der Waals surface area contributed by atoms with E-state index in [2.05, 4.69) is 255 Å². The molecule has 0 N–H and O–H groups in total. The summed E-state index contributed by atoms with van der Waals surface area (Å²) < 4.78 is 7.14. The summed E-state index contributed by atoms with van der Waals surface area (Å²) in [5.74, 6) is 0.613. The van der Waals surface area contributed by atoms with Crippen molar-refractivity contribution in [2.75, 3.05) is 0 Å². The molecule has 0 saturated heterocycles. The first-order chi connectivity index (χ1) is 43.0. The highest BCUT2D eigenvalue weighted by atomic mass is 15.0. The number of aromatic nitrogens is 5. The van der Waals surface area contributed by atoms with E-state index in [4.69, 9.17) is 16.5 Å². The fourth-order valence-corrected chi connectivity index (χ4v) is 13.1. The lowest BCUT2D eigenvalue weighted by molar-refractivity contribution is 1.16. The number of para-hydroxylation sites is 5. The van der Waals surface area contributed by atoms with Gasteiger partial charge in [-0.1, -0.05) is 182 Å². The van der Waals surface area contributed by atoms with Crippen molar-refractivity contribution in [3.8, 4) is 96.5 Å². The second-order valence-electron chi connectivity index (χ2n) is 21.8. The summed E-state index contributed by atoms with van der Waals surface area (Å²) in [6, 6.07) is 102. The maximum Gasteiger partial charge on any atom is 0.197 e. The molecule has 87 heavy (non-hydrogen) atoms. The molecule has 0 aliphatic carbocycles. The second-order valence-corrected chi connectivity index (χ2v) is 21.8. The van der Waals surface area contributed by atoms with Crippen LogP contribution in [0.5, 0.6) is 0 Å². The average molecular weight is 1110 g/mol. The van der Waals surface area contributed by atoms with Gasteiger partial charge in [-0.2, -0.15) is 10.5 Å². The average Bonchev–Trinajstić information content (AvgIpc) is 1.76. The van der Waals surface area contributed by atoms with Crippen molar-refractivity contribution >= 4 is 71.1 Å². The van der Waals surface area contributed by atoms with Crippen molar-refractivity contribution in [3.05, 3.63) is 302 Å². The molecule has 0 atom stereocenters. The highest BCUT2D eigenvalue weighted by Gasteiger charge is 2.26. The van der Waals surface area contributed by atoms with Crippen molar-refractivity contribution in [3.63, 3.8) is 0 Å². The Morgan fingerprint density at radius 1 is 0.333 bits per heavy atom. The zero-order valence-corrected chi connectivity index (χ0v) is 46.6. The van der Waals surface area contributed by atoms with Crippen molar-refractivity contribution < 1.29 is 0 Å². The molecule has 0 saturated carbocycles. The quantitative estimate of drug-likeness (QED) is 0.135. The van der Waals surface area contributed by atoms with Crippen LogP contribution in [0.2, 0.25) is 0 Å². The van der Waals surface area contributed by atoms with Crippen molar-refractivity contribution in [1.82, 2.24) is 23.7 Å². The Kier molecular flexibility index (Phi) is 11.8. The van der Waals surface area contributed by atoms with Gasteiger partial charge in [0.2, 0.25) is 0 Å². The molecule has 4 heterocycles. The highest BCUT2D eigenvalue weighted by molar-refractivity contribution is 6.14. The molecule has 4 aromatic heterocycles. The highest BCUT2D eigenvalue weighted by Crippen LogP contribution is 2.47. The lowest BCUT2D eigenvalue weighted by atomic mass is 9.91. The first-order valence-corrected chi connectivity index (χ1v) is 28.8. The SMILES string of the molecule is [C-]#[N+]c1cc(C#N)cc(C#N)c1-c1ccc2c(c1)c1ccccc1n2-c1c(-c2cccc(-n3c4ccccc4c4ccccc43)c2)cc(-c2cc(-c3ccccc3)nc(-c3ccccc3)n2)cc1-c1cccc(-n2c3ccccc3c3ccccc32)c1. The van der Waals surface area contributed by atoms with Gasteiger partial charge in [0.1, 0.15) is 0 Å². The van der Waals surface area contributed by atoms with Gasteiger partial charge < -0.3 is 13.7 Å².